The molecule has 30 heavy (non-hydrogen) atoms. The van der Waals surface area contributed by atoms with Crippen LogP contribution in [0.5, 0.6) is 0 Å². The molecule has 0 saturated heterocycles. The van der Waals surface area contributed by atoms with Crippen LogP contribution in [0.15, 0.2) is 27.5 Å². The molecular weight excluding hydrogens is 427 g/mol. The fraction of sp³-hybridized carbons (Fsp3) is 0.409. The first-order chi connectivity index (χ1) is 14.2. The summed E-state index contributed by atoms with van der Waals surface area (Å²) in [6.45, 7) is 3.24. The van der Waals surface area contributed by atoms with Crippen LogP contribution in [0.2, 0.25) is 5.02 Å². The largest absolute Gasteiger partial charge is 0.439 e. The predicted molar refractivity (Wildman–Crippen MR) is 115 cm³/mol. The lowest BCUT2D eigenvalue weighted by Crippen LogP contribution is -2.15. The minimum atomic E-state index is -2.01. The maximum absolute atomic E-state index is 14.8. The highest BCUT2D eigenvalue weighted by Gasteiger charge is 2.29. The second kappa shape index (κ2) is 7.94. The van der Waals surface area contributed by atoms with Crippen molar-refractivity contribution in [1.82, 2.24) is 0 Å². The number of halogens is 2. The molecule has 2 N–H and O–H groups in total. The number of carbonyl (C=O) groups is 1. The number of rotatable bonds is 3. The van der Waals surface area contributed by atoms with E-state index in [1.54, 1.807) is 19.9 Å². The van der Waals surface area contributed by atoms with Gasteiger partial charge in [0.15, 0.2) is 0 Å². The molecule has 2 aromatic carbocycles. The number of amides is 2. The Morgan fingerprint density at radius 3 is 2.23 bits per heavy atom. The summed E-state index contributed by atoms with van der Waals surface area (Å²) in [4.78, 5) is 12.8. The first-order valence-corrected chi connectivity index (χ1v) is 11.5. The maximum atomic E-state index is 14.8. The summed E-state index contributed by atoms with van der Waals surface area (Å²) < 4.78 is 31.1. The van der Waals surface area contributed by atoms with Crippen LogP contribution in [0.4, 0.5) is 14.9 Å². The van der Waals surface area contributed by atoms with Crippen LogP contribution in [0, 0.1) is 5.82 Å². The molecule has 2 amide bonds. The molecule has 0 aromatic heterocycles. The van der Waals surface area contributed by atoms with E-state index in [1.165, 1.54) is 12.1 Å². The Balaban J connectivity index is 1.63. The minimum Gasteiger partial charge on any atom is -0.439 e. The lowest BCUT2D eigenvalue weighted by molar-refractivity contribution is 0.0785. The Morgan fingerprint density at radius 1 is 1.13 bits per heavy atom. The third-order valence-corrected chi connectivity index (χ3v) is 7.28. The summed E-state index contributed by atoms with van der Waals surface area (Å²) in [7, 11) is -2.01. The Morgan fingerprint density at radius 2 is 1.70 bits per heavy atom. The minimum absolute atomic E-state index is 0.118. The number of nitrogens with one attached hydrogen (secondary N) is 1. The van der Waals surface area contributed by atoms with Crippen LogP contribution in [0.3, 0.4) is 0 Å². The summed E-state index contributed by atoms with van der Waals surface area (Å²) >= 11 is 6.21. The molecule has 2 aliphatic rings. The Bertz CT molecular complexity index is 1100. The second-order valence-electron chi connectivity index (χ2n) is 8.29. The van der Waals surface area contributed by atoms with Gasteiger partial charge >= 0.3 is 6.03 Å². The molecule has 2 aliphatic carbocycles. The van der Waals surface area contributed by atoms with Gasteiger partial charge in [-0.1, -0.05) is 28.6 Å². The number of benzene rings is 2. The van der Waals surface area contributed by atoms with Gasteiger partial charge in [-0.15, -0.1) is 10.6 Å². The van der Waals surface area contributed by atoms with E-state index in [2.05, 4.69) is 9.68 Å². The number of aliphatic hydroxyl groups is 1. The van der Waals surface area contributed by atoms with Crippen LogP contribution in [-0.2, 0) is 46.1 Å². The van der Waals surface area contributed by atoms with Crippen molar-refractivity contribution in [1.29, 1.82) is 0 Å². The highest BCUT2D eigenvalue weighted by atomic mass is 35.5. The molecule has 0 saturated carbocycles. The van der Waals surface area contributed by atoms with Gasteiger partial charge < -0.3 is 19.0 Å². The van der Waals surface area contributed by atoms with Crippen molar-refractivity contribution in [3.8, 4) is 0 Å². The van der Waals surface area contributed by atoms with Crippen molar-refractivity contribution >= 4 is 33.9 Å². The maximum Gasteiger partial charge on any atom is 0.322 e. The molecular formula is C22H23ClFN2O3S-. The van der Waals surface area contributed by atoms with E-state index < -0.39 is 22.2 Å². The van der Waals surface area contributed by atoms with Gasteiger partial charge in [-0.2, -0.15) is 0 Å². The first kappa shape index (κ1) is 21.3. The highest BCUT2D eigenvalue weighted by Crippen LogP contribution is 2.41. The third-order valence-electron chi connectivity index (χ3n) is 5.79. The molecule has 2 aromatic rings. The molecule has 160 valence electrons. The lowest BCUT2D eigenvalue weighted by Gasteiger charge is -2.20. The standard InChI is InChI=1S/C22H23ClFN2O3S/c1-22(2,28)12-9-10-18(17(23)11-12)30(29)26-21(27)25-20-15-7-3-5-13(15)19(24)14-6-4-8-16(14)20/h9-11,28H,3-8H2,1-2H3,(H,25,27)/q-1. The van der Waals surface area contributed by atoms with E-state index in [0.717, 1.165) is 24.0 Å². The summed E-state index contributed by atoms with van der Waals surface area (Å²) in [5, 5.41) is 13.0. The zero-order chi connectivity index (χ0) is 21.6. The first-order valence-electron chi connectivity index (χ1n) is 9.98. The second-order valence-corrected chi connectivity index (χ2v) is 9.81. The molecule has 4 rings (SSSR count). The van der Waals surface area contributed by atoms with Gasteiger partial charge in [0.2, 0.25) is 0 Å². The van der Waals surface area contributed by atoms with E-state index in [9.17, 15) is 18.5 Å². The van der Waals surface area contributed by atoms with Crippen molar-refractivity contribution in [2.75, 3.05) is 5.32 Å². The van der Waals surface area contributed by atoms with Gasteiger partial charge in [0.25, 0.3) is 0 Å². The Kier molecular flexibility index (Phi) is 5.64. The fourth-order valence-corrected chi connectivity index (χ4v) is 5.40. The summed E-state index contributed by atoms with van der Waals surface area (Å²) in [6.07, 6.45) is 4.46. The monoisotopic (exact) mass is 449 g/mol. The summed E-state index contributed by atoms with van der Waals surface area (Å²) in [5.74, 6) is -0.118. The molecule has 0 atom stereocenters. The van der Waals surface area contributed by atoms with Crippen molar-refractivity contribution in [3.05, 3.63) is 56.9 Å². The predicted octanol–water partition coefficient (Wildman–Crippen LogP) is 5.42. The molecule has 0 bridgehead atoms. The SMILES string of the molecule is CC(C)(O)c1ccc([S-](=O)=NC(=O)Nc2c3c(c(F)c4c2CCC4)CCC3)c(Cl)c1. The molecule has 0 heterocycles. The van der Waals surface area contributed by atoms with Crippen molar-refractivity contribution < 1.29 is 18.5 Å². The molecule has 8 heteroatoms. The molecule has 0 radical (unpaired) electrons. The lowest BCUT2D eigenvalue weighted by atomic mass is 9.98. The van der Waals surface area contributed by atoms with Crippen molar-refractivity contribution in [3.63, 3.8) is 0 Å². The fourth-order valence-electron chi connectivity index (χ4n) is 4.32. The molecule has 0 fully saturated rings. The van der Waals surface area contributed by atoms with Gasteiger partial charge in [-0.3, -0.25) is 0 Å². The van der Waals surface area contributed by atoms with Crippen molar-refractivity contribution in [2.45, 2.75) is 62.9 Å². The van der Waals surface area contributed by atoms with Crippen LogP contribution in [0.1, 0.15) is 54.5 Å². The van der Waals surface area contributed by atoms with Gasteiger partial charge in [-0.05, 0) is 86.3 Å². The van der Waals surface area contributed by atoms with E-state index >= 15 is 0 Å². The van der Waals surface area contributed by atoms with Crippen molar-refractivity contribution in [2.24, 2.45) is 4.36 Å². The van der Waals surface area contributed by atoms with E-state index in [-0.39, 0.29) is 15.7 Å². The van der Waals surface area contributed by atoms with Crippen LogP contribution in [0.25, 0.3) is 0 Å². The number of carbonyl (C=O) groups excluding carboxylic acids is 1. The zero-order valence-electron chi connectivity index (χ0n) is 16.8. The number of fused-ring (bicyclic) bond motifs is 2. The third kappa shape index (κ3) is 3.86. The number of nitrogens with zero attached hydrogens (tertiary/aromatic N) is 1. The van der Waals surface area contributed by atoms with Crippen LogP contribution < -0.4 is 5.32 Å². The Labute approximate surface area is 181 Å². The van der Waals surface area contributed by atoms with Crippen LogP contribution in [-0.4, -0.2) is 11.1 Å². The summed E-state index contributed by atoms with van der Waals surface area (Å²) in [5.41, 5.74) is 3.18. The van der Waals surface area contributed by atoms with Gasteiger partial charge in [0, 0.05) is 10.7 Å². The normalized spacial score (nSPS) is 16.4. The van der Waals surface area contributed by atoms with E-state index in [4.69, 9.17) is 11.6 Å². The number of hydrogen-bond acceptors (Lipinski definition) is 4. The zero-order valence-corrected chi connectivity index (χ0v) is 18.4. The van der Waals surface area contributed by atoms with Gasteiger partial charge in [0.1, 0.15) is 5.82 Å². The molecule has 0 unspecified atom stereocenters. The smallest absolute Gasteiger partial charge is 0.322 e. The summed E-state index contributed by atoms with van der Waals surface area (Å²) in [6, 6.07) is 3.87. The van der Waals surface area contributed by atoms with Crippen LogP contribution >= 0.6 is 11.6 Å². The average molecular weight is 450 g/mol. The van der Waals surface area contributed by atoms with Gasteiger partial charge in [0.05, 0.1) is 5.60 Å². The highest BCUT2D eigenvalue weighted by molar-refractivity contribution is 7.75. The van der Waals surface area contributed by atoms with E-state index in [1.807, 2.05) is 0 Å². The van der Waals surface area contributed by atoms with Gasteiger partial charge in [-0.25, -0.2) is 9.18 Å². The number of hydrogen-bond donors (Lipinski definition) is 2. The molecule has 0 aliphatic heterocycles. The quantitative estimate of drug-likeness (QED) is 0.614. The van der Waals surface area contributed by atoms with E-state index in [0.29, 0.717) is 48.1 Å². The number of anilines is 1. The molecule has 5 nitrogen and oxygen atoms in total. The topological polar surface area (TPSA) is 78.8 Å². The average Bonchev–Trinajstić information content (AvgIpc) is 3.34. The molecule has 0 spiro atoms. The number of urea groups is 1. The Hall–Kier alpha value is -1.96.